The number of ether oxygens (including phenoxy) is 1. The quantitative estimate of drug-likeness (QED) is 0.223. The van der Waals surface area contributed by atoms with Crippen molar-refractivity contribution in [3.8, 4) is 5.75 Å². The number of nitrogens with one attached hydrogen (secondary N) is 2. The number of hydrogen-bond donors (Lipinski definition) is 3. The van der Waals surface area contributed by atoms with Crippen LogP contribution >= 0.6 is 11.6 Å². The second-order valence-corrected chi connectivity index (χ2v) is 12.5. The fraction of sp³-hybridized carbons (Fsp3) is 0.343. The van der Waals surface area contributed by atoms with Gasteiger partial charge in [0.25, 0.3) is 5.91 Å². The number of carbonyl (C=O) groups excluding carboxylic acids is 3. The number of nitrogens with zero attached hydrogens (tertiary/aromatic N) is 1. The molecule has 44 heavy (non-hydrogen) atoms. The van der Waals surface area contributed by atoms with Gasteiger partial charge in [0.15, 0.2) is 0 Å². The summed E-state index contributed by atoms with van der Waals surface area (Å²) in [7, 11) is 0. The van der Waals surface area contributed by atoms with E-state index in [1.54, 1.807) is 56.0 Å². The third-order valence-corrected chi connectivity index (χ3v) is 7.86. The van der Waals surface area contributed by atoms with Crippen LogP contribution in [0.2, 0.25) is 5.02 Å². The van der Waals surface area contributed by atoms with Crippen LogP contribution in [0.5, 0.6) is 5.75 Å². The number of rotatable bonds is 10. The number of amides is 3. The number of halogens is 1. The molecule has 1 aliphatic rings. The Morgan fingerprint density at radius 3 is 2.36 bits per heavy atom. The van der Waals surface area contributed by atoms with Gasteiger partial charge < -0.3 is 25.4 Å². The van der Waals surface area contributed by atoms with E-state index in [1.807, 2.05) is 37.3 Å². The molecule has 0 heterocycles. The first-order valence-electron chi connectivity index (χ1n) is 14.7. The van der Waals surface area contributed by atoms with E-state index in [0.29, 0.717) is 34.7 Å². The van der Waals surface area contributed by atoms with E-state index >= 15 is 0 Å². The van der Waals surface area contributed by atoms with Gasteiger partial charge in [-0.15, -0.1) is 0 Å². The Hall–Kier alpha value is -4.30. The van der Waals surface area contributed by atoms with Gasteiger partial charge >= 0.3 is 6.09 Å². The van der Waals surface area contributed by atoms with Crippen LogP contribution in [0.25, 0.3) is 6.08 Å². The summed E-state index contributed by atoms with van der Waals surface area (Å²) in [6, 6.07) is 16.8. The molecule has 232 valence electrons. The summed E-state index contributed by atoms with van der Waals surface area (Å²) < 4.78 is 5.52. The van der Waals surface area contributed by atoms with Gasteiger partial charge in [0.1, 0.15) is 23.4 Å². The SMILES string of the molecule is C=Cc1cccc(C(C(=O)Nc2c(C)cccc2Cl)N(C(=O)C(Cc2ccc(O)cc2)NC(=O)OC(C)(C)C)C2CCC2)c1. The number of phenols is 1. The van der Waals surface area contributed by atoms with Crippen molar-refractivity contribution in [3.63, 3.8) is 0 Å². The van der Waals surface area contributed by atoms with Gasteiger partial charge in [0, 0.05) is 12.5 Å². The van der Waals surface area contributed by atoms with Crippen LogP contribution in [0.4, 0.5) is 10.5 Å². The smallest absolute Gasteiger partial charge is 0.408 e. The number of alkyl carbamates (subject to hydrolysis) is 1. The Kier molecular flexibility index (Phi) is 10.4. The molecule has 1 saturated carbocycles. The molecular weight excluding hydrogens is 578 g/mol. The Morgan fingerprint density at radius 2 is 1.77 bits per heavy atom. The molecule has 0 spiro atoms. The fourth-order valence-electron chi connectivity index (χ4n) is 5.16. The van der Waals surface area contributed by atoms with E-state index in [-0.39, 0.29) is 18.2 Å². The molecule has 1 fully saturated rings. The summed E-state index contributed by atoms with van der Waals surface area (Å²) in [4.78, 5) is 43.6. The summed E-state index contributed by atoms with van der Waals surface area (Å²) in [5.41, 5.74) is 2.57. The third kappa shape index (κ3) is 8.20. The number of anilines is 1. The Balaban J connectivity index is 1.79. The lowest BCUT2D eigenvalue weighted by Gasteiger charge is -2.43. The molecule has 8 nitrogen and oxygen atoms in total. The number of benzene rings is 3. The molecule has 2 unspecified atom stereocenters. The van der Waals surface area contributed by atoms with E-state index in [0.717, 1.165) is 17.5 Å². The zero-order chi connectivity index (χ0) is 32.0. The molecule has 3 aromatic rings. The van der Waals surface area contributed by atoms with Gasteiger partial charge in [-0.05, 0) is 93.5 Å². The summed E-state index contributed by atoms with van der Waals surface area (Å²) in [6.07, 6.45) is 3.38. The van der Waals surface area contributed by atoms with Crippen molar-refractivity contribution in [3.05, 3.63) is 101 Å². The minimum atomic E-state index is -1.06. The zero-order valence-corrected chi connectivity index (χ0v) is 26.4. The normalized spacial score (nSPS) is 14.5. The van der Waals surface area contributed by atoms with E-state index in [9.17, 15) is 19.5 Å². The minimum absolute atomic E-state index is 0.0847. The van der Waals surface area contributed by atoms with Crippen LogP contribution < -0.4 is 10.6 Å². The Labute approximate surface area is 264 Å². The van der Waals surface area contributed by atoms with Crippen molar-refractivity contribution in [2.45, 2.75) is 77.1 Å². The molecule has 0 saturated heterocycles. The highest BCUT2D eigenvalue weighted by Crippen LogP contribution is 2.36. The van der Waals surface area contributed by atoms with E-state index in [2.05, 4.69) is 17.2 Å². The molecule has 9 heteroatoms. The first-order chi connectivity index (χ1) is 20.9. The molecule has 4 rings (SSSR count). The van der Waals surface area contributed by atoms with Crippen LogP contribution in [-0.4, -0.2) is 45.6 Å². The molecule has 1 aliphatic carbocycles. The van der Waals surface area contributed by atoms with Crippen molar-refractivity contribution in [2.75, 3.05) is 5.32 Å². The summed E-state index contributed by atoms with van der Waals surface area (Å²) in [5, 5.41) is 16.0. The van der Waals surface area contributed by atoms with Crippen molar-refractivity contribution >= 4 is 41.3 Å². The largest absolute Gasteiger partial charge is 0.508 e. The monoisotopic (exact) mass is 617 g/mol. The third-order valence-electron chi connectivity index (χ3n) is 7.55. The average molecular weight is 618 g/mol. The highest BCUT2D eigenvalue weighted by Gasteiger charge is 2.42. The second-order valence-electron chi connectivity index (χ2n) is 12.1. The van der Waals surface area contributed by atoms with E-state index in [4.69, 9.17) is 16.3 Å². The standard InChI is InChI=1S/C35H40ClN3O5/c1-6-23-11-8-12-25(20-23)31(32(41)38-30-22(2)10-7-15-28(30)36)39(26-13-9-14-26)33(42)29(37-34(43)44-35(3,4)5)21-24-16-18-27(40)19-17-24/h6-8,10-12,15-20,26,29,31,40H,1,9,13-14,21H2,2-5H3,(H,37,43)(H,38,41). The molecule has 0 bridgehead atoms. The Morgan fingerprint density at radius 1 is 1.09 bits per heavy atom. The predicted octanol–water partition coefficient (Wildman–Crippen LogP) is 7.19. The van der Waals surface area contributed by atoms with Crippen LogP contribution in [0.3, 0.4) is 0 Å². The number of para-hydroxylation sites is 1. The predicted molar refractivity (Wildman–Crippen MR) is 174 cm³/mol. The number of aryl methyl sites for hydroxylation is 1. The molecular formula is C35H40ClN3O5. The van der Waals surface area contributed by atoms with Crippen molar-refractivity contribution in [2.24, 2.45) is 0 Å². The van der Waals surface area contributed by atoms with Gasteiger partial charge in [0.05, 0.1) is 10.7 Å². The number of carbonyl (C=O) groups is 3. The zero-order valence-electron chi connectivity index (χ0n) is 25.6. The molecule has 3 N–H and O–H groups in total. The van der Waals surface area contributed by atoms with E-state index < -0.39 is 35.6 Å². The highest BCUT2D eigenvalue weighted by molar-refractivity contribution is 6.34. The maximum atomic E-state index is 14.7. The first-order valence-corrected chi connectivity index (χ1v) is 15.1. The van der Waals surface area contributed by atoms with Crippen LogP contribution in [0, 0.1) is 6.92 Å². The maximum absolute atomic E-state index is 14.7. The lowest BCUT2D eigenvalue weighted by atomic mass is 9.87. The summed E-state index contributed by atoms with van der Waals surface area (Å²) in [6.45, 7) is 11.0. The number of phenolic OH excluding ortho intramolecular Hbond substituents is 1. The van der Waals surface area contributed by atoms with E-state index in [1.165, 1.54) is 12.1 Å². The first kappa shape index (κ1) is 32.6. The second kappa shape index (κ2) is 14.0. The molecule has 0 aliphatic heterocycles. The van der Waals surface area contributed by atoms with Crippen molar-refractivity contribution in [1.29, 1.82) is 0 Å². The summed E-state index contributed by atoms with van der Waals surface area (Å²) >= 11 is 6.49. The maximum Gasteiger partial charge on any atom is 0.408 e. The molecule has 0 aromatic heterocycles. The minimum Gasteiger partial charge on any atom is -0.508 e. The van der Waals surface area contributed by atoms with Gasteiger partial charge in [-0.1, -0.05) is 66.7 Å². The molecule has 0 radical (unpaired) electrons. The number of aromatic hydroxyl groups is 1. The average Bonchev–Trinajstić information content (AvgIpc) is 2.93. The highest BCUT2D eigenvalue weighted by atomic mass is 35.5. The molecule has 3 aromatic carbocycles. The van der Waals surface area contributed by atoms with Crippen molar-refractivity contribution < 1.29 is 24.2 Å². The topological polar surface area (TPSA) is 108 Å². The Bertz CT molecular complexity index is 1490. The van der Waals surface area contributed by atoms with Crippen LogP contribution in [-0.2, 0) is 20.7 Å². The van der Waals surface area contributed by atoms with Crippen LogP contribution in [0.15, 0.2) is 73.3 Å². The van der Waals surface area contributed by atoms with Crippen molar-refractivity contribution in [1.82, 2.24) is 10.2 Å². The van der Waals surface area contributed by atoms with Gasteiger partial charge in [-0.25, -0.2) is 4.79 Å². The van der Waals surface area contributed by atoms with Crippen LogP contribution in [0.1, 0.15) is 68.3 Å². The summed E-state index contributed by atoms with van der Waals surface area (Å²) in [5.74, 6) is -0.765. The van der Waals surface area contributed by atoms with Gasteiger partial charge in [-0.3, -0.25) is 9.59 Å². The lowest BCUT2D eigenvalue weighted by molar-refractivity contribution is -0.145. The lowest BCUT2D eigenvalue weighted by Crippen LogP contribution is -2.57. The van der Waals surface area contributed by atoms with Gasteiger partial charge in [-0.2, -0.15) is 0 Å². The molecule has 2 atom stereocenters. The number of hydrogen-bond acceptors (Lipinski definition) is 5. The fourth-order valence-corrected chi connectivity index (χ4v) is 5.43. The molecule has 3 amide bonds. The van der Waals surface area contributed by atoms with Gasteiger partial charge in [0.2, 0.25) is 5.91 Å².